The Morgan fingerprint density at radius 1 is 1.12 bits per heavy atom. The van der Waals surface area contributed by atoms with Gasteiger partial charge in [-0.05, 0) is 36.1 Å². The molecule has 26 heavy (non-hydrogen) atoms. The number of hydrogen-bond acceptors (Lipinski definition) is 4. The minimum absolute atomic E-state index is 0.647. The van der Waals surface area contributed by atoms with Gasteiger partial charge in [-0.1, -0.05) is 41.5 Å². The normalized spacial score (nSPS) is 10.8. The molecule has 2 aromatic carbocycles. The fourth-order valence-electron chi connectivity index (χ4n) is 3.08. The van der Waals surface area contributed by atoms with E-state index in [0.29, 0.717) is 5.56 Å². The summed E-state index contributed by atoms with van der Waals surface area (Å²) in [5, 5.41) is 10.9. The summed E-state index contributed by atoms with van der Waals surface area (Å²) in [4.78, 5) is 12.5. The Labute approximate surface area is 156 Å². The molecule has 4 rings (SSSR count). The highest BCUT2D eigenvalue weighted by atomic mass is 32.2. The molecular weight excluding hydrogens is 339 g/mol. The molecule has 0 unspecified atom stereocenters. The van der Waals surface area contributed by atoms with Crippen LogP contribution in [-0.4, -0.2) is 29.1 Å². The van der Waals surface area contributed by atoms with Crippen molar-refractivity contribution in [2.24, 2.45) is 0 Å². The Morgan fingerprint density at radius 2 is 1.92 bits per heavy atom. The predicted molar refractivity (Wildman–Crippen MR) is 109 cm³/mol. The highest BCUT2D eigenvalue weighted by Gasteiger charge is 2.17. The zero-order valence-corrected chi connectivity index (χ0v) is 15.3. The molecule has 0 fully saturated rings. The zero-order valence-electron chi connectivity index (χ0n) is 14.4. The van der Waals surface area contributed by atoms with Crippen LogP contribution in [0.4, 0.5) is 0 Å². The van der Waals surface area contributed by atoms with Crippen molar-refractivity contribution in [1.29, 1.82) is 5.26 Å². The summed E-state index contributed by atoms with van der Waals surface area (Å²) in [5.74, 6) is 0. The summed E-state index contributed by atoms with van der Waals surface area (Å²) in [5.41, 5.74) is 6.89. The minimum atomic E-state index is 0.647. The van der Waals surface area contributed by atoms with Crippen LogP contribution in [0.5, 0.6) is 0 Å². The summed E-state index contributed by atoms with van der Waals surface area (Å²) in [6.07, 6.45) is 3.77. The summed E-state index contributed by atoms with van der Waals surface area (Å²) < 4.78 is 0. The average Bonchev–Trinajstić information content (AvgIpc) is 3.06. The lowest BCUT2D eigenvalue weighted by Gasteiger charge is -2.06. The summed E-state index contributed by atoms with van der Waals surface area (Å²) in [6.45, 7) is 0. The van der Waals surface area contributed by atoms with Crippen LogP contribution in [-0.2, 0) is 0 Å². The molecule has 4 aromatic rings. The number of nitrogens with zero attached hydrogens (tertiary/aromatic N) is 3. The molecular formula is C20H15BN4S. The second kappa shape index (κ2) is 6.70. The highest BCUT2D eigenvalue weighted by molar-refractivity contribution is 7.98. The minimum Gasteiger partial charge on any atom is -0.354 e. The number of nitrogens with one attached hydrogen (secondary N) is 1. The van der Waals surface area contributed by atoms with Crippen LogP contribution < -0.4 is 5.46 Å². The number of rotatable bonds is 3. The van der Waals surface area contributed by atoms with Crippen molar-refractivity contribution in [3.63, 3.8) is 0 Å². The molecule has 0 saturated heterocycles. The first-order chi connectivity index (χ1) is 12.7. The fourth-order valence-corrected chi connectivity index (χ4v) is 3.43. The van der Waals surface area contributed by atoms with Crippen molar-refractivity contribution in [1.82, 2.24) is 15.0 Å². The second-order valence-corrected chi connectivity index (χ2v) is 6.82. The van der Waals surface area contributed by atoms with Crippen molar-refractivity contribution < 1.29 is 0 Å². The van der Waals surface area contributed by atoms with E-state index in [4.69, 9.17) is 10.2 Å². The van der Waals surface area contributed by atoms with E-state index in [0.717, 1.165) is 38.6 Å². The van der Waals surface area contributed by atoms with E-state index in [-0.39, 0.29) is 0 Å². The molecule has 2 aromatic heterocycles. The molecule has 0 aliphatic carbocycles. The third-order valence-corrected chi connectivity index (χ3v) is 4.89. The van der Waals surface area contributed by atoms with Crippen LogP contribution in [0.3, 0.4) is 0 Å². The smallest absolute Gasteiger partial charge is 0.187 e. The van der Waals surface area contributed by atoms with Gasteiger partial charge in [-0.3, -0.25) is 0 Å². The van der Waals surface area contributed by atoms with E-state index in [9.17, 15) is 0 Å². The maximum Gasteiger partial charge on any atom is 0.187 e. The van der Waals surface area contributed by atoms with Gasteiger partial charge in [0.2, 0.25) is 0 Å². The molecule has 0 aliphatic heterocycles. The first-order valence-corrected chi connectivity index (χ1v) is 9.42. The van der Waals surface area contributed by atoms with Crippen LogP contribution in [0.1, 0.15) is 5.56 Å². The summed E-state index contributed by atoms with van der Waals surface area (Å²) in [7, 11) is 2.09. The number of fused-ring (bicyclic) bond motifs is 1. The van der Waals surface area contributed by atoms with E-state index in [1.54, 1.807) is 6.20 Å². The van der Waals surface area contributed by atoms with Gasteiger partial charge in [0.15, 0.2) is 5.16 Å². The van der Waals surface area contributed by atoms with Crippen LogP contribution in [0.2, 0.25) is 0 Å². The molecule has 0 amide bonds. The summed E-state index contributed by atoms with van der Waals surface area (Å²) in [6, 6.07) is 18.1. The monoisotopic (exact) mass is 354 g/mol. The predicted octanol–water partition coefficient (Wildman–Crippen LogP) is 3.14. The number of aromatic amines is 1. The molecule has 0 radical (unpaired) electrons. The third kappa shape index (κ3) is 2.87. The molecule has 0 spiro atoms. The zero-order chi connectivity index (χ0) is 18.1. The molecule has 4 nitrogen and oxygen atoms in total. The molecule has 0 saturated carbocycles. The Kier molecular flexibility index (Phi) is 4.23. The van der Waals surface area contributed by atoms with Gasteiger partial charge in [0, 0.05) is 22.7 Å². The van der Waals surface area contributed by atoms with Gasteiger partial charge in [-0.15, -0.1) is 0 Å². The molecule has 6 heteroatoms. The van der Waals surface area contributed by atoms with Crippen molar-refractivity contribution >= 4 is 36.0 Å². The molecule has 0 bridgehead atoms. The van der Waals surface area contributed by atoms with Crippen molar-refractivity contribution in [2.75, 3.05) is 6.26 Å². The third-order valence-electron chi connectivity index (χ3n) is 4.33. The first-order valence-electron chi connectivity index (χ1n) is 8.20. The van der Waals surface area contributed by atoms with E-state index >= 15 is 0 Å². The standard InChI is InChI=1S/C20H15BN4S/c1-26-20-23-9-8-17(25-20)18-15-10-14(21)6-7-16(15)24-19(18)13-4-2-12(11-22)3-5-13/h2-10,24H,21H2,1H3. The van der Waals surface area contributed by atoms with Crippen LogP contribution in [0, 0.1) is 11.3 Å². The maximum atomic E-state index is 9.06. The Bertz CT molecular complexity index is 1140. The molecule has 0 atom stereocenters. The van der Waals surface area contributed by atoms with E-state index in [1.807, 2.05) is 36.6 Å². The van der Waals surface area contributed by atoms with E-state index < -0.39 is 0 Å². The van der Waals surface area contributed by atoms with E-state index in [2.05, 4.69) is 42.1 Å². The van der Waals surface area contributed by atoms with Gasteiger partial charge < -0.3 is 4.98 Å². The van der Waals surface area contributed by atoms with E-state index in [1.165, 1.54) is 17.2 Å². The highest BCUT2D eigenvalue weighted by Crippen LogP contribution is 2.37. The topological polar surface area (TPSA) is 65.4 Å². The van der Waals surface area contributed by atoms with Gasteiger partial charge >= 0.3 is 0 Å². The van der Waals surface area contributed by atoms with Gasteiger partial charge in [-0.2, -0.15) is 5.26 Å². The van der Waals surface area contributed by atoms with Crippen molar-refractivity contribution in [3.05, 3.63) is 60.3 Å². The molecule has 124 valence electrons. The van der Waals surface area contributed by atoms with Crippen LogP contribution in [0.15, 0.2) is 59.9 Å². The molecule has 2 heterocycles. The lowest BCUT2D eigenvalue weighted by Crippen LogP contribution is -1.99. The lowest BCUT2D eigenvalue weighted by molar-refractivity contribution is 0.977. The number of H-pyrrole nitrogens is 1. The van der Waals surface area contributed by atoms with Crippen molar-refractivity contribution in [2.45, 2.75) is 5.16 Å². The number of nitriles is 1. The SMILES string of the molecule is Bc1ccc2[nH]c(-c3ccc(C#N)cc3)c(-c3ccnc(SC)n3)c2c1. The average molecular weight is 354 g/mol. The van der Waals surface area contributed by atoms with Crippen LogP contribution in [0.25, 0.3) is 33.4 Å². The lowest BCUT2D eigenvalue weighted by atomic mass is 9.93. The van der Waals surface area contributed by atoms with Gasteiger partial charge in [0.05, 0.1) is 23.0 Å². The molecule has 0 aliphatic rings. The first kappa shape index (κ1) is 16.4. The Balaban J connectivity index is 2.01. The van der Waals surface area contributed by atoms with Gasteiger partial charge in [0.25, 0.3) is 0 Å². The largest absolute Gasteiger partial charge is 0.354 e. The second-order valence-electron chi connectivity index (χ2n) is 6.04. The van der Waals surface area contributed by atoms with Crippen LogP contribution >= 0.6 is 11.8 Å². The number of benzene rings is 2. The van der Waals surface area contributed by atoms with Gasteiger partial charge in [-0.25, -0.2) is 9.97 Å². The fraction of sp³-hybridized carbons (Fsp3) is 0.0500. The number of aromatic nitrogens is 3. The van der Waals surface area contributed by atoms with Gasteiger partial charge in [0.1, 0.15) is 7.85 Å². The Morgan fingerprint density at radius 3 is 2.65 bits per heavy atom. The van der Waals surface area contributed by atoms with Crippen molar-refractivity contribution in [3.8, 4) is 28.6 Å². The maximum absolute atomic E-state index is 9.06. The summed E-state index contributed by atoms with van der Waals surface area (Å²) >= 11 is 1.53. The number of hydrogen-bond donors (Lipinski definition) is 1. The Hall–Kier alpha value is -3.04. The molecule has 1 N–H and O–H groups in total. The quantitative estimate of drug-likeness (QED) is 0.349. The number of thioether (sulfide) groups is 1.